The van der Waals surface area contributed by atoms with Crippen molar-refractivity contribution in [3.8, 4) is 0 Å². The van der Waals surface area contributed by atoms with Crippen molar-refractivity contribution < 1.29 is 9.47 Å². The molecule has 0 unspecified atom stereocenters. The van der Waals surface area contributed by atoms with Crippen molar-refractivity contribution in [1.29, 1.82) is 0 Å². The first-order valence-electron chi connectivity index (χ1n) is 4.81. The van der Waals surface area contributed by atoms with Gasteiger partial charge in [-0.1, -0.05) is 6.92 Å². The van der Waals surface area contributed by atoms with Crippen LogP contribution in [0.25, 0.3) is 0 Å². The molecule has 0 aromatic carbocycles. The maximum absolute atomic E-state index is 11.3. The predicted molar refractivity (Wildman–Crippen MR) is 52.3 cm³/mol. The molecule has 3 nitrogen and oxygen atoms in total. The number of rotatable bonds is 8. The normalized spacial score (nSPS) is 11.5. The Labute approximate surface area is 80.4 Å². The van der Waals surface area contributed by atoms with E-state index in [0.29, 0.717) is 6.54 Å². The highest BCUT2D eigenvalue weighted by Gasteiger charge is 2.00. The van der Waals surface area contributed by atoms with Gasteiger partial charge in [-0.2, -0.15) is 4.94 Å². The van der Waals surface area contributed by atoms with Crippen molar-refractivity contribution in [1.82, 2.24) is 9.80 Å². The number of likely N-dealkylation sites (N-methyl/N-ethyl adjacent to an activating group) is 2. The molecule has 0 atom stereocenters. The SMILES string of the molecule is CCCN(C)CCN(C)CCOF. The summed E-state index contributed by atoms with van der Waals surface area (Å²) >= 11 is 0. The molecule has 0 aliphatic carbocycles. The van der Waals surface area contributed by atoms with E-state index in [9.17, 15) is 4.53 Å². The molecule has 0 radical (unpaired) electrons. The fourth-order valence-electron chi connectivity index (χ4n) is 1.14. The van der Waals surface area contributed by atoms with E-state index in [-0.39, 0.29) is 6.61 Å². The second-order valence-electron chi connectivity index (χ2n) is 3.42. The summed E-state index contributed by atoms with van der Waals surface area (Å²) in [6.45, 7) is 6.07. The maximum Gasteiger partial charge on any atom is 0.100 e. The van der Waals surface area contributed by atoms with E-state index in [1.165, 1.54) is 6.42 Å². The van der Waals surface area contributed by atoms with Crippen LogP contribution in [-0.2, 0) is 4.94 Å². The molecule has 0 saturated heterocycles. The van der Waals surface area contributed by atoms with Gasteiger partial charge in [0.15, 0.2) is 0 Å². The van der Waals surface area contributed by atoms with Crippen molar-refractivity contribution >= 4 is 0 Å². The standard InChI is InChI=1S/C9H21FN2O/c1-4-5-11(2)6-7-12(3)8-9-13-10/h4-9H2,1-3H3. The average Bonchev–Trinajstić information content (AvgIpc) is 2.12. The van der Waals surface area contributed by atoms with E-state index in [4.69, 9.17) is 0 Å². The van der Waals surface area contributed by atoms with Crippen molar-refractivity contribution in [2.45, 2.75) is 13.3 Å². The molecule has 0 aromatic rings. The van der Waals surface area contributed by atoms with E-state index < -0.39 is 0 Å². The first-order valence-corrected chi connectivity index (χ1v) is 4.81. The van der Waals surface area contributed by atoms with E-state index in [1.807, 2.05) is 7.05 Å². The molecule has 0 fully saturated rings. The first kappa shape index (κ1) is 12.8. The highest BCUT2D eigenvalue weighted by molar-refractivity contribution is 4.55. The van der Waals surface area contributed by atoms with E-state index >= 15 is 0 Å². The fourth-order valence-corrected chi connectivity index (χ4v) is 1.14. The molecule has 0 saturated carbocycles. The van der Waals surface area contributed by atoms with Gasteiger partial charge in [0, 0.05) is 19.6 Å². The van der Waals surface area contributed by atoms with Gasteiger partial charge in [0.1, 0.15) is 6.61 Å². The van der Waals surface area contributed by atoms with Crippen molar-refractivity contribution in [2.24, 2.45) is 0 Å². The van der Waals surface area contributed by atoms with E-state index in [0.717, 1.165) is 19.6 Å². The molecular formula is C9H21FN2O. The Balaban J connectivity index is 3.29. The summed E-state index contributed by atoms with van der Waals surface area (Å²) in [5.41, 5.74) is 0. The molecule has 13 heavy (non-hydrogen) atoms. The largest absolute Gasteiger partial charge is 0.305 e. The lowest BCUT2D eigenvalue weighted by Gasteiger charge is -2.20. The molecule has 0 N–H and O–H groups in total. The summed E-state index contributed by atoms with van der Waals surface area (Å²) < 4.78 is 11.3. The Bertz CT molecular complexity index is 114. The Hall–Kier alpha value is -0.190. The van der Waals surface area contributed by atoms with Crippen LogP contribution in [0.2, 0.25) is 0 Å². The second kappa shape index (κ2) is 8.41. The molecule has 0 amide bonds. The minimum absolute atomic E-state index is 0.161. The predicted octanol–water partition coefficient (Wildman–Crippen LogP) is 1.16. The number of halogens is 1. The Kier molecular flexibility index (Phi) is 8.29. The van der Waals surface area contributed by atoms with Crippen LogP contribution in [0.5, 0.6) is 0 Å². The third kappa shape index (κ3) is 8.15. The van der Waals surface area contributed by atoms with Crippen LogP contribution < -0.4 is 0 Å². The molecule has 0 aliphatic heterocycles. The van der Waals surface area contributed by atoms with E-state index in [1.54, 1.807) is 0 Å². The maximum atomic E-state index is 11.3. The Morgan fingerprint density at radius 3 is 2.00 bits per heavy atom. The fraction of sp³-hybridized carbons (Fsp3) is 1.00. The summed E-state index contributed by atoms with van der Waals surface area (Å²) in [5.74, 6) is 0. The van der Waals surface area contributed by atoms with Crippen molar-refractivity contribution in [2.75, 3.05) is 46.9 Å². The lowest BCUT2D eigenvalue weighted by atomic mass is 10.4. The van der Waals surface area contributed by atoms with E-state index in [2.05, 4.69) is 28.7 Å². The van der Waals surface area contributed by atoms with Crippen LogP contribution in [-0.4, -0.2) is 56.7 Å². The highest BCUT2D eigenvalue weighted by Crippen LogP contribution is 1.89. The molecule has 0 heterocycles. The van der Waals surface area contributed by atoms with Gasteiger partial charge in [-0.3, -0.25) is 0 Å². The smallest absolute Gasteiger partial charge is 0.100 e. The molecular weight excluding hydrogens is 171 g/mol. The quantitative estimate of drug-likeness (QED) is 0.574. The molecule has 0 rings (SSSR count). The third-order valence-electron chi connectivity index (χ3n) is 2.02. The Morgan fingerprint density at radius 2 is 1.54 bits per heavy atom. The zero-order valence-electron chi connectivity index (χ0n) is 8.92. The van der Waals surface area contributed by atoms with Crippen LogP contribution in [0.1, 0.15) is 13.3 Å². The first-order chi connectivity index (χ1) is 6.20. The number of hydrogen-bond donors (Lipinski definition) is 0. The van der Waals surface area contributed by atoms with Gasteiger partial charge in [-0.15, -0.1) is 0 Å². The van der Waals surface area contributed by atoms with Gasteiger partial charge in [-0.25, -0.2) is 0 Å². The molecule has 0 aromatic heterocycles. The minimum atomic E-state index is 0.161. The molecule has 0 bridgehead atoms. The molecule has 4 heteroatoms. The minimum Gasteiger partial charge on any atom is -0.305 e. The monoisotopic (exact) mass is 192 g/mol. The average molecular weight is 192 g/mol. The topological polar surface area (TPSA) is 15.7 Å². The molecule has 0 aliphatic rings. The van der Waals surface area contributed by atoms with Crippen LogP contribution in [0, 0.1) is 0 Å². The van der Waals surface area contributed by atoms with Crippen molar-refractivity contribution in [3.05, 3.63) is 0 Å². The molecule has 0 spiro atoms. The summed E-state index contributed by atoms with van der Waals surface area (Å²) in [6, 6.07) is 0. The zero-order valence-corrected chi connectivity index (χ0v) is 8.92. The van der Waals surface area contributed by atoms with Crippen LogP contribution in [0.4, 0.5) is 4.53 Å². The van der Waals surface area contributed by atoms with Crippen LogP contribution >= 0.6 is 0 Å². The summed E-state index contributed by atoms with van der Waals surface area (Å²) in [5, 5.41) is 0. The van der Waals surface area contributed by atoms with Gasteiger partial charge in [0.2, 0.25) is 0 Å². The summed E-state index contributed by atoms with van der Waals surface area (Å²) in [4.78, 5) is 7.84. The molecule has 80 valence electrons. The second-order valence-corrected chi connectivity index (χ2v) is 3.42. The van der Waals surface area contributed by atoms with Crippen LogP contribution in [0.3, 0.4) is 0 Å². The number of nitrogens with zero attached hydrogens (tertiary/aromatic N) is 2. The highest BCUT2D eigenvalue weighted by atomic mass is 19.3. The van der Waals surface area contributed by atoms with Gasteiger partial charge in [-0.05, 0) is 31.6 Å². The summed E-state index contributed by atoms with van der Waals surface area (Å²) in [6.07, 6.45) is 1.17. The van der Waals surface area contributed by atoms with Gasteiger partial charge >= 0.3 is 0 Å². The Morgan fingerprint density at radius 1 is 1.00 bits per heavy atom. The third-order valence-corrected chi connectivity index (χ3v) is 2.02. The zero-order chi connectivity index (χ0) is 10.1. The van der Waals surface area contributed by atoms with Crippen LogP contribution in [0.15, 0.2) is 0 Å². The van der Waals surface area contributed by atoms with Crippen molar-refractivity contribution in [3.63, 3.8) is 0 Å². The van der Waals surface area contributed by atoms with Gasteiger partial charge in [0.05, 0.1) is 0 Å². The summed E-state index contributed by atoms with van der Waals surface area (Å²) in [7, 11) is 4.07. The van der Waals surface area contributed by atoms with Gasteiger partial charge < -0.3 is 9.80 Å². The lowest BCUT2D eigenvalue weighted by molar-refractivity contribution is -0.135. The number of hydrogen-bond acceptors (Lipinski definition) is 3. The van der Waals surface area contributed by atoms with Gasteiger partial charge in [0.25, 0.3) is 0 Å². The lowest BCUT2D eigenvalue weighted by Crippen LogP contribution is -2.32.